The van der Waals surface area contributed by atoms with Crippen molar-refractivity contribution in [1.29, 1.82) is 0 Å². The Morgan fingerprint density at radius 2 is 2.00 bits per heavy atom. The van der Waals surface area contributed by atoms with E-state index >= 15 is 0 Å². The molecule has 0 aromatic rings. The number of nitrogens with zero attached hydrogens (tertiary/aromatic N) is 1. The molecule has 0 radical (unpaired) electrons. The highest BCUT2D eigenvalue weighted by Gasteiger charge is 2.03. The predicted molar refractivity (Wildman–Crippen MR) is 49.3 cm³/mol. The van der Waals surface area contributed by atoms with Gasteiger partial charge >= 0.3 is 5.97 Å². The van der Waals surface area contributed by atoms with Gasteiger partial charge in [0.2, 0.25) is 5.91 Å². The van der Waals surface area contributed by atoms with Crippen LogP contribution >= 0.6 is 0 Å². The van der Waals surface area contributed by atoms with Crippen LogP contribution in [0.3, 0.4) is 0 Å². The molecule has 0 aromatic heterocycles. The van der Waals surface area contributed by atoms with E-state index in [9.17, 15) is 9.59 Å². The van der Waals surface area contributed by atoms with Crippen molar-refractivity contribution in [3.63, 3.8) is 0 Å². The summed E-state index contributed by atoms with van der Waals surface area (Å²) in [6, 6.07) is 0. The lowest BCUT2D eigenvalue weighted by molar-refractivity contribution is -0.132. The number of aliphatic carboxylic acids is 1. The van der Waals surface area contributed by atoms with Crippen molar-refractivity contribution in [3.8, 4) is 0 Å². The molecule has 74 valence electrons. The third-order valence-corrected chi connectivity index (χ3v) is 1.59. The van der Waals surface area contributed by atoms with Gasteiger partial charge in [-0.2, -0.15) is 0 Å². The van der Waals surface area contributed by atoms with Crippen LogP contribution in [-0.2, 0) is 9.59 Å². The molecule has 0 rings (SSSR count). The van der Waals surface area contributed by atoms with E-state index in [0.29, 0.717) is 6.54 Å². The molecule has 0 atom stereocenters. The van der Waals surface area contributed by atoms with Crippen molar-refractivity contribution < 1.29 is 14.7 Å². The van der Waals surface area contributed by atoms with Gasteiger partial charge in [-0.1, -0.05) is 13.3 Å². The Morgan fingerprint density at radius 1 is 1.38 bits per heavy atom. The lowest BCUT2D eigenvalue weighted by Crippen LogP contribution is -2.25. The fraction of sp³-hybridized carbons (Fsp3) is 0.556. The molecule has 0 bridgehead atoms. The quantitative estimate of drug-likeness (QED) is 0.647. The minimum absolute atomic E-state index is 0.268. The molecular formula is C9H15NO3. The first-order valence-electron chi connectivity index (χ1n) is 4.24. The summed E-state index contributed by atoms with van der Waals surface area (Å²) in [4.78, 5) is 22.7. The second kappa shape index (κ2) is 6.22. The average Bonchev–Trinajstić information content (AvgIpc) is 2.10. The molecule has 0 unspecified atom stereocenters. The van der Waals surface area contributed by atoms with E-state index in [4.69, 9.17) is 5.11 Å². The van der Waals surface area contributed by atoms with E-state index < -0.39 is 5.97 Å². The van der Waals surface area contributed by atoms with Crippen molar-refractivity contribution in [1.82, 2.24) is 4.90 Å². The molecule has 0 aromatic carbocycles. The van der Waals surface area contributed by atoms with Crippen molar-refractivity contribution in [3.05, 3.63) is 12.2 Å². The fourth-order valence-electron chi connectivity index (χ4n) is 0.775. The van der Waals surface area contributed by atoms with E-state index in [1.165, 1.54) is 4.90 Å². The second-order valence-corrected chi connectivity index (χ2v) is 2.78. The molecule has 1 amide bonds. The Balaban J connectivity index is 3.89. The molecule has 13 heavy (non-hydrogen) atoms. The number of hydrogen-bond donors (Lipinski definition) is 1. The number of carbonyl (C=O) groups excluding carboxylic acids is 1. The molecule has 0 aliphatic carbocycles. The van der Waals surface area contributed by atoms with Crippen LogP contribution in [0.25, 0.3) is 0 Å². The number of rotatable bonds is 5. The summed E-state index contributed by atoms with van der Waals surface area (Å²) in [5, 5.41) is 8.26. The van der Waals surface area contributed by atoms with Crippen LogP contribution in [0.15, 0.2) is 12.2 Å². The molecular weight excluding hydrogens is 170 g/mol. The van der Waals surface area contributed by atoms with E-state index in [1.807, 2.05) is 6.92 Å². The van der Waals surface area contributed by atoms with Crippen LogP contribution < -0.4 is 0 Å². The van der Waals surface area contributed by atoms with E-state index in [1.54, 1.807) is 7.05 Å². The predicted octanol–water partition coefficient (Wildman–Crippen LogP) is 0.886. The molecule has 0 saturated carbocycles. The highest BCUT2D eigenvalue weighted by molar-refractivity contribution is 5.93. The number of likely N-dealkylation sites (N-methyl/N-ethyl adjacent to an activating group) is 1. The van der Waals surface area contributed by atoms with E-state index in [0.717, 1.165) is 25.0 Å². The lowest BCUT2D eigenvalue weighted by atomic mass is 10.3. The number of hydrogen-bond acceptors (Lipinski definition) is 2. The second-order valence-electron chi connectivity index (χ2n) is 2.78. The van der Waals surface area contributed by atoms with Crippen LogP contribution in [0.4, 0.5) is 0 Å². The molecule has 1 N–H and O–H groups in total. The maximum absolute atomic E-state index is 11.1. The average molecular weight is 185 g/mol. The molecule has 0 spiro atoms. The topological polar surface area (TPSA) is 57.6 Å². The monoisotopic (exact) mass is 185 g/mol. The van der Waals surface area contributed by atoms with Gasteiger partial charge < -0.3 is 10.0 Å². The smallest absolute Gasteiger partial charge is 0.328 e. The molecule has 0 fully saturated rings. The summed E-state index contributed by atoms with van der Waals surface area (Å²) in [5.41, 5.74) is 0. The van der Waals surface area contributed by atoms with Gasteiger partial charge in [-0.3, -0.25) is 4.79 Å². The van der Waals surface area contributed by atoms with Gasteiger partial charge in [0, 0.05) is 25.7 Å². The normalized spacial score (nSPS) is 10.3. The summed E-state index contributed by atoms with van der Waals surface area (Å²) in [7, 11) is 1.66. The summed E-state index contributed by atoms with van der Waals surface area (Å²) >= 11 is 0. The van der Waals surface area contributed by atoms with Gasteiger partial charge in [0.05, 0.1) is 0 Å². The zero-order valence-corrected chi connectivity index (χ0v) is 7.99. The van der Waals surface area contributed by atoms with Crippen molar-refractivity contribution in [2.45, 2.75) is 19.8 Å². The standard InChI is InChI=1S/C9H15NO3/c1-3-4-7-10(2)8(11)5-6-9(12)13/h5-6H,3-4,7H2,1-2H3,(H,12,13)/b6-5-. The van der Waals surface area contributed by atoms with Crippen LogP contribution in [-0.4, -0.2) is 35.5 Å². The third kappa shape index (κ3) is 5.90. The van der Waals surface area contributed by atoms with Gasteiger partial charge in [-0.25, -0.2) is 4.79 Å². The van der Waals surface area contributed by atoms with Crippen LogP contribution in [0.2, 0.25) is 0 Å². The number of carboxylic acid groups (broad SMARTS) is 1. The summed E-state index contributed by atoms with van der Waals surface area (Å²) in [6.07, 6.45) is 3.87. The van der Waals surface area contributed by atoms with Gasteiger partial charge in [0.1, 0.15) is 0 Å². The first-order chi connectivity index (χ1) is 6.07. The van der Waals surface area contributed by atoms with Crippen LogP contribution in [0, 0.1) is 0 Å². The van der Waals surface area contributed by atoms with Crippen LogP contribution in [0.1, 0.15) is 19.8 Å². The molecule has 0 aliphatic heterocycles. The van der Waals surface area contributed by atoms with Crippen molar-refractivity contribution in [2.75, 3.05) is 13.6 Å². The number of unbranched alkanes of at least 4 members (excludes halogenated alkanes) is 1. The number of carbonyl (C=O) groups is 2. The molecule has 0 saturated heterocycles. The Labute approximate surface area is 77.8 Å². The molecule has 4 heteroatoms. The minimum atomic E-state index is -1.10. The summed E-state index contributed by atoms with van der Waals surface area (Å²) < 4.78 is 0. The zero-order chi connectivity index (χ0) is 10.3. The van der Waals surface area contributed by atoms with Crippen LogP contribution in [0.5, 0.6) is 0 Å². The fourth-order valence-corrected chi connectivity index (χ4v) is 0.775. The maximum Gasteiger partial charge on any atom is 0.328 e. The first-order valence-corrected chi connectivity index (χ1v) is 4.24. The first kappa shape index (κ1) is 11.7. The van der Waals surface area contributed by atoms with Gasteiger partial charge in [0.25, 0.3) is 0 Å². The Morgan fingerprint density at radius 3 is 2.46 bits per heavy atom. The largest absolute Gasteiger partial charge is 0.478 e. The van der Waals surface area contributed by atoms with Gasteiger partial charge in [-0.15, -0.1) is 0 Å². The Hall–Kier alpha value is -1.32. The molecule has 0 aliphatic rings. The van der Waals surface area contributed by atoms with Gasteiger partial charge in [-0.05, 0) is 6.42 Å². The number of carboxylic acids is 1. The van der Waals surface area contributed by atoms with E-state index in [-0.39, 0.29) is 5.91 Å². The lowest BCUT2D eigenvalue weighted by Gasteiger charge is -2.13. The SMILES string of the molecule is CCCCN(C)C(=O)/C=C\C(=O)O. The van der Waals surface area contributed by atoms with Gasteiger partial charge in [0.15, 0.2) is 0 Å². The summed E-state index contributed by atoms with van der Waals surface area (Å²) in [5.74, 6) is -1.37. The maximum atomic E-state index is 11.1. The highest BCUT2D eigenvalue weighted by Crippen LogP contribution is 1.93. The number of amides is 1. The molecule has 0 heterocycles. The van der Waals surface area contributed by atoms with Crippen molar-refractivity contribution in [2.24, 2.45) is 0 Å². The molecule has 4 nitrogen and oxygen atoms in total. The minimum Gasteiger partial charge on any atom is -0.478 e. The zero-order valence-electron chi connectivity index (χ0n) is 7.99. The van der Waals surface area contributed by atoms with E-state index in [2.05, 4.69) is 0 Å². The third-order valence-electron chi connectivity index (χ3n) is 1.59. The highest BCUT2D eigenvalue weighted by atomic mass is 16.4. The summed E-state index contributed by atoms with van der Waals surface area (Å²) in [6.45, 7) is 2.70. The van der Waals surface area contributed by atoms with Crippen molar-refractivity contribution >= 4 is 11.9 Å². The Kier molecular flexibility index (Phi) is 5.59. The Bertz CT molecular complexity index is 211.